The molecule has 6 heteroatoms. The van der Waals surface area contributed by atoms with Crippen molar-refractivity contribution in [2.24, 2.45) is 5.41 Å². The number of benzene rings is 2. The molecule has 1 unspecified atom stereocenters. The molecule has 6 nitrogen and oxygen atoms in total. The average Bonchev–Trinajstić information content (AvgIpc) is 3.21. The normalized spacial score (nSPS) is 28.6. The van der Waals surface area contributed by atoms with Crippen LogP contribution in [0, 0.1) is 5.41 Å². The maximum atomic E-state index is 13.8. The van der Waals surface area contributed by atoms with Gasteiger partial charge in [-0.25, -0.2) is 4.79 Å². The molecule has 2 aromatic rings. The van der Waals surface area contributed by atoms with E-state index in [2.05, 4.69) is 37.4 Å². The first-order valence-corrected chi connectivity index (χ1v) is 11.8. The van der Waals surface area contributed by atoms with Crippen LogP contribution >= 0.6 is 0 Å². The molecule has 1 saturated carbocycles. The minimum absolute atomic E-state index is 0.141. The molecule has 1 heterocycles. The predicted molar refractivity (Wildman–Crippen MR) is 126 cm³/mol. The maximum Gasteiger partial charge on any atom is 0.325 e. The van der Waals surface area contributed by atoms with Crippen molar-refractivity contribution in [1.82, 2.24) is 10.2 Å². The van der Waals surface area contributed by atoms with E-state index in [1.165, 1.54) is 4.90 Å². The molecule has 2 aromatic carbocycles. The molecule has 0 aromatic heterocycles. The summed E-state index contributed by atoms with van der Waals surface area (Å²) >= 11 is 0. The molecule has 0 radical (unpaired) electrons. The van der Waals surface area contributed by atoms with Crippen LogP contribution in [-0.2, 0) is 21.5 Å². The quantitative estimate of drug-likeness (QED) is 0.692. The van der Waals surface area contributed by atoms with Crippen LogP contribution in [0.25, 0.3) is 11.1 Å². The van der Waals surface area contributed by atoms with Crippen molar-refractivity contribution in [2.45, 2.75) is 63.7 Å². The first-order chi connectivity index (χ1) is 15.8. The van der Waals surface area contributed by atoms with Crippen LogP contribution in [-0.4, -0.2) is 43.2 Å². The molecule has 0 bridgehead atoms. The third-order valence-corrected chi connectivity index (χ3v) is 7.82. The Balaban J connectivity index is 1.59. The number of hydrogen-bond acceptors (Lipinski definition) is 4. The highest BCUT2D eigenvalue weighted by Gasteiger charge is 2.67. The zero-order valence-corrected chi connectivity index (χ0v) is 19.8. The fourth-order valence-corrected chi connectivity index (χ4v) is 6.24. The number of amides is 3. The van der Waals surface area contributed by atoms with E-state index in [1.807, 2.05) is 24.3 Å². The van der Waals surface area contributed by atoms with Crippen molar-refractivity contribution >= 4 is 11.9 Å². The lowest BCUT2D eigenvalue weighted by Gasteiger charge is -2.46. The molecule has 174 valence electrons. The van der Waals surface area contributed by atoms with Gasteiger partial charge in [0.15, 0.2) is 5.54 Å². The molecule has 3 aliphatic rings. The number of methoxy groups -OCH3 is 1. The van der Waals surface area contributed by atoms with E-state index < -0.39 is 5.54 Å². The second-order valence-electron chi connectivity index (χ2n) is 9.99. The largest absolute Gasteiger partial charge is 0.497 e. The van der Waals surface area contributed by atoms with Gasteiger partial charge in [-0.1, -0.05) is 24.3 Å². The molecule has 2 aliphatic carbocycles. The molecule has 1 N–H and O–H groups in total. The number of carbonyl (C=O) groups is 2. The number of fused-ring (bicyclic) bond motifs is 3. The van der Waals surface area contributed by atoms with Crippen LogP contribution in [0.3, 0.4) is 0 Å². The molecular formula is C27H32N2O4. The minimum atomic E-state index is -1.02. The summed E-state index contributed by atoms with van der Waals surface area (Å²) in [5, 5.41) is 3.17. The summed E-state index contributed by atoms with van der Waals surface area (Å²) in [4.78, 5) is 27.8. The third kappa shape index (κ3) is 3.26. The van der Waals surface area contributed by atoms with E-state index in [9.17, 15) is 9.59 Å². The third-order valence-electron chi connectivity index (χ3n) is 7.82. The Morgan fingerprint density at radius 1 is 1.06 bits per heavy atom. The predicted octanol–water partition coefficient (Wildman–Crippen LogP) is 4.65. The number of urea groups is 1. The van der Waals surface area contributed by atoms with Gasteiger partial charge < -0.3 is 14.8 Å². The van der Waals surface area contributed by atoms with E-state index in [0.29, 0.717) is 0 Å². The fraction of sp³-hybridized carbons (Fsp3) is 0.481. The number of nitrogens with zero attached hydrogens (tertiary/aromatic N) is 1. The lowest BCUT2D eigenvalue weighted by molar-refractivity contribution is -0.138. The molecule has 1 aliphatic heterocycles. The Morgan fingerprint density at radius 3 is 2.42 bits per heavy atom. The van der Waals surface area contributed by atoms with Crippen LogP contribution < -0.4 is 10.1 Å². The number of rotatable bonds is 4. The summed E-state index contributed by atoms with van der Waals surface area (Å²) in [6.45, 7) is 4.13. The minimum Gasteiger partial charge on any atom is -0.497 e. The van der Waals surface area contributed by atoms with E-state index >= 15 is 0 Å². The molecule has 3 amide bonds. The Kier molecular flexibility index (Phi) is 5.24. The van der Waals surface area contributed by atoms with Crippen LogP contribution in [0.15, 0.2) is 42.5 Å². The van der Waals surface area contributed by atoms with E-state index in [1.54, 1.807) is 14.2 Å². The summed E-state index contributed by atoms with van der Waals surface area (Å²) in [7, 11) is 3.24. The molecule has 1 saturated heterocycles. The zero-order valence-electron chi connectivity index (χ0n) is 19.8. The number of nitrogens with one attached hydrogen (secondary N) is 1. The lowest BCUT2D eigenvalue weighted by atomic mass is 9.61. The highest BCUT2D eigenvalue weighted by atomic mass is 16.5. The SMILES string of the molecule is COc1cccc(-c2ccc3c(c2)C2(NC(=O)N(C)C2=O)C2(CCC(OC(C)C)CC2)C3)c1. The maximum absolute atomic E-state index is 13.8. The van der Waals surface area contributed by atoms with Crippen molar-refractivity contribution in [1.29, 1.82) is 0 Å². The fourth-order valence-electron chi connectivity index (χ4n) is 6.24. The number of hydrogen-bond donors (Lipinski definition) is 1. The van der Waals surface area contributed by atoms with Gasteiger partial charge in [-0.05, 0) is 86.4 Å². The van der Waals surface area contributed by atoms with Crippen molar-refractivity contribution in [2.75, 3.05) is 14.2 Å². The Bertz CT molecular complexity index is 1100. The Morgan fingerprint density at radius 2 is 1.79 bits per heavy atom. The number of imide groups is 1. The van der Waals surface area contributed by atoms with E-state index in [0.717, 1.165) is 60.1 Å². The second kappa shape index (κ2) is 7.87. The van der Waals surface area contributed by atoms with Crippen LogP contribution in [0.2, 0.25) is 0 Å². The lowest BCUT2D eigenvalue weighted by Crippen LogP contribution is -2.56. The number of ether oxygens (including phenoxy) is 2. The standard InChI is InChI=1S/C27H32N2O4/c1-17(2)33-21-10-12-26(13-11-21)16-20-9-8-19(18-6-5-7-22(14-18)32-4)15-23(20)27(26)24(30)29(3)25(31)28-27/h5-9,14-15,17,21H,10-13,16H2,1-4H3,(H,28,31). The summed E-state index contributed by atoms with van der Waals surface area (Å²) in [5.74, 6) is 0.643. The molecular weight excluding hydrogens is 416 g/mol. The number of likely N-dealkylation sites (N-methyl/N-ethyl adjacent to an activating group) is 1. The molecule has 2 spiro atoms. The van der Waals surface area contributed by atoms with E-state index in [4.69, 9.17) is 9.47 Å². The smallest absolute Gasteiger partial charge is 0.325 e. The molecule has 5 rings (SSSR count). The first kappa shape index (κ1) is 22.0. The van der Waals surface area contributed by atoms with Crippen molar-refractivity contribution in [3.05, 3.63) is 53.6 Å². The number of carbonyl (C=O) groups excluding carboxylic acids is 2. The molecule has 33 heavy (non-hydrogen) atoms. The van der Waals surface area contributed by atoms with Gasteiger partial charge in [0.05, 0.1) is 19.3 Å². The van der Waals surface area contributed by atoms with Crippen LogP contribution in [0.1, 0.15) is 50.7 Å². The van der Waals surface area contributed by atoms with Gasteiger partial charge in [0.25, 0.3) is 5.91 Å². The summed E-state index contributed by atoms with van der Waals surface area (Å²) in [6.07, 6.45) is 4.64. The highest BCUT2D eigenvalue weighted by Crippen LogP contribution is 2.60. The highest BCUT2D eigenvalue weighted by molar-refractivity contribution is 6.08. The van der Waals surface area contributed by atoms with E-state index in [-0.39, 0.29) is 29.6 Å². The van der Waals surface area contributed by atoms with Gasteiger partial charge >= 0.3 is 6.03 Å². The van der Waals surface area contributed by atoms with Crippen molar-refractivity contribution < 1.29 is 19.1 Å². The summed E-state index contributed by atoms with van der Waals surface area (Å²) in [5.41, 5.74) is 2.76. The van der Waals surface area contributed by atoms with Gasteiger partial charge in [0.1, 0.15) is 5.75 Å². The van der Waals surface area contributed by atoms with Crippen molar-refractivity contribution in [3.63, 3.8) is 0 Å². The summed E-state index contributed by atoms with van der Waals surface area (Å²) < 4.78 is 11.5. The zero-order chi connectivity index (χ0) is 23.4. The average molecular weight is 449 g/mol. The summed E-state index contributed by atoms with van der Waals surface area (Å²) in [6, 6.07) is 13.9. The Labute approximate surface area is 195 Å². The van der Waals surface area contributed by atoms with Crippen LogP contribution in [0.4, 0.5) is 4.79 Å². The Hall–Kier alpha value is -2.86. The van der Waals surface area contributed by atoms with Crippen molar-refractivity contribution in [3.8, 4) is 16.9 Å². The topological polar surface area (TPSA) is 67.9 Å². The monoisotopic (exact) mass is 448 g/mol. The van der Waals surface area contributed by atoms with Gasteiger partial charge in [0.2, 0.25) is 0 Å². The molecule has 1 atom stereocenters. The first-order valence-electron chi connectivity index (χ1n) is 11.8. The van der Waals surface area contributed by atoms with Crippen LogP contribution in [0.5, 0.6) is 5.75 Å². The van der Waals surface area contributed by atoms with Gasteiger partial charge in [0, 0.05) is 12.5 Å². The second-order valence-corrected chi connectivity index (χ2v) is 9.99. The van der Waals surface area contributed by atoms with Gasteiger partial charge in [-0.3, -0.25) is 9.69 Å². The van der Waals surface area contributed by atoms with Gasteiger partial charge in [-0.15, -0.1) is 0 Å². The molecule has 2 fully saturated rings. The van der Waals surface area contributed by atoms with Gasteiger partial charge in [-0.2, -0.15) is 0 Å².